The molecule has 0 fully saturated rings. The predicted octanol–water partition coefficient (Wildman–Crippen LogP) is 3.03. The molecule has 0 bridgehead atoms. The maximum absolute atomic E-state index is 13.8. The van der Waals surface area contributed by atoms with E-state index in [0.29, 0.717) is 13.0 Å². The molecule has 0 aliphatic heterocycles. The van der Waals surface area contributed by atoms with Crippen LogP contribution in [0.5, 0.6) is 0 Å². The van der Waals surface area contributed by atoms with Crippen molar-refractivity contribution in [3.8, 4) is 0 Å². The van der Waals surface area contributed by atoms with Crippen LogP contribution in [0.15, 0.2) is 48.5 Å². The Hall–Kier alpha value is -2.20. The van der Waals surface area contributed by atoms with Gasteiger partial charge >= 0.3 is 0 Å². The van der Waals surface area contributed by atoms with Gasteiger partial charge in [-0.2, -0.15) is 0 Å². The number of nitrogens with one attached hydrogen (secondary N) is 1. The number of aliphatic hydroxyl groups excluding tert-OH is 1. The molecule has 22 heavy (non-hydrogen) atoms. The highest BCUT2D eigenvalue weighted by Crippen LogP contribution is 2.18. The van der Waals surface area contributed by atoms with Gasteiger partial charge in [0.2, 0.25) is 0 Å². The van der Waals surface area contributed by atoms with Gasteiger partial charge in [0.25, 0.3) is 5.91 Å². The quantitative estimate of drug-likeness (QED) is 0.861. The third kappa shape index (κ3) is 4.15. The molecule has 0 heterocycles. The summed E-state index contributed by atoms with van der Waals surface area (Å²) in [5, 5.41) is 11.9. The fourth-order valence-corrected chi connectivity index (χ4v) is 2.38. The van der Waals surface area contributed by atoms with Crippen LogP contribution < -0.4 is 5.32 Å². The Kier molecular flexibility index (Phi) is 5.67. The van der Waals surface area contributed by atoms with Crippen molar-refractivity contribution < 1.29 is 14.3 Å². The topological polar surface area (TPSA) is 49.3 Å². The lowest BCUT2D eigenvalue weighted by molar-refractivity contribution is 0.0945. The lowest BCUT2D eigenvalue weighted by Gasteiger charge is -2.17. The van der Waals surface area contributed by atoms with Gasteiger partial charge in [-0.25, -0.2) is 4.39 Å². The van der Waals surface area contributed by atoms with E-state index in [0.717, 1.165) is 11.1 Å². The number of carbonyl (C=O) groups excluding carboxylic acids is 1. The van der Waals surface area contributed by atoms with Crippen molar-refractivity contribution in [2.24, 2.45) is 0 Å². The first-order chi connectivity index (χ1) is 10.6. The summed E-state index contributed by atoms with van der Waals surface area (Å²) in [5.41, 5.74) is 1.86. The number of benzene rings is 2. The van der Waals surface area contributed by atoms with Crippen molar-refractivity contribution in [3.63, 3.8) is 0 Å². The summed E-state index contributed by atoms with van der Waals surface area (Å²) in [5.74, 6) is -0.948. The summed E-state index contributed by atoms with van der Waals surface area (Å²) in [4.78, 5) is 12.1. The van der Waals surface area contributed by atoms with E-state index in [1.54, 1.807) is 13.0 Å². The molecule has 4 heteroatoms. The molecule has 0 aliphatic rings. The van der Waals surface area contributed by atoms with E-state index in [4.69, 9.17) is 0 Å². The first-order valence-corrected chi connectivity index (χ1v) is 7.32. The molecule has 116 valence electrons. The van der Waals surface area contributed by atoms with E-state index >= 15 is 0 Å². The van der Waals surface area contributed by atoms with E-state index in [-0.39, 0.29) is 18.1 Å². The Morgan fingerprint density at radius 3 is 2.59 bits per heavy atom. The van der Waals surface area contributed by atoms with Gasteiger partial charge in [-0.15, -0.1) is 0 Å². The Bertz CT molecular complexity index is 628. The number of carbonyl (C=O) groups is 1. The Morgan fingerprint density at radius 2 is 1.95 bits per heavy atom. The molecule has 0 radical (unpaired) electrons. The highest BCUT2D eigenvalue weighted by atomic mass is 19.1. The fourth-order valence-electron chi connectivity index (χ4n) is 2.38. The van der Waals surface area contributed by atoms with Crippen LogP contribution in [-0.4, -0.2) is 24.2 Å². The van der Waals surface area contributed by atoms with Crippen molar-refractivity contribution in [2.45, 2.75) is 19.3 Å². The number of hydrogen-bond donors (Lipinski definition) is 2. The van der Waals surface area contributed by atoms with E-state index in [1.165, 1.54) is 12.1 Å². The lowest BCUT2D eigenvalue weighted by Crippen LogP contribution is -2.29. The lowest BCUT2D eigenvalue weighted by atomic mass is 9.96. The van der Waals surface area contributed by atoms with Crippen molar-refractivity contribution >= 4 is 5.91 Å². The third-order valence-electron chi connectivity index (χ3n) is 3.63. The summed E-state index contributed by atoms with van der Waals surface area (Å²) in [6, 6.07) is 14.2. The Morgan fingerprint density at radius 1 is 1.23 bits per heavy atom. The zero-order valence-corrected chi connectivity index (χ0v) is 12.6. The molecular formula is C18H20FNO2. The van der Waals surface area contributed by atoms with Crippen LogP contribution in [0.2, 0.25) is 0 Å². The maximum Gasteiger partial charge on any atom is 0.254 e. The molecule has 3 nitrogen and oxygen atoms in total. The second-order valence-corrected chi connectivity index (χ2v) is 5.31. The number of hydrogen-bond acceptors (Lipinski definition) is 2. The highest BCUT2D eigenvalue weighted by Gasteiger charge is 2.15. The molecule has 0 spiro atoms. The fraction of sp³-hybridized carbons (Fsp3) is 0.278. The van der Waals surface area contributed by atoms with Crippen LogP contribution in [0.4, 0.5) is 4.39 Å². The van der Waals surface area contributed by atoms with Gasteiger partial charge in [0, 0.05) is 19.1 Å². The van der Waals surface area contributed by atoms with Gasteiger partial charge in [-0.05, 0) is 36.6 Å². The molecule has 2 rings (SSSR count). The van der Waals surface area contributed by atoms with Crippen LogP contribution >= 0.6 is 0 Å². The van der Waals surface area contributed by atoms with Crippen molar-refractivity contribution in [1.82, 2.24) is 5.32 Å². The molecule has 0 aliphatic carbocycles. The van der Waals surface area contributed by atoms with Gasteiger partial charge in [0.15, 0.2) is 0 Å². The Balaban J connectivity index is 2.04. The monoisotopic (exact) mass is 301 g/mol. The molecular weight excluding hydrogens is 281 g/mol. The number of rotatable bonds is 6. The van der Waals surface area contributed by atoms with Gasteiger partial charge < -0.3 is 10.4 Å². The summed E-state index contributed by atoms with van der Waals surface area (Å²) in [6.07, 6.45) is 0.542. The van der Waals surface area contributed by atoms with Gasteiger partial charge in [0.1, 0.15) is 5.82 Å². The van der Waals surface area contributed by atoms with Crippen LogP contribution in [0.3, 0.4) is 0 Å². The maximum atomic E-state index is 13.8. The average molecular weight is 301 g/mol. The summed E-state index contributed by atoms with van der Waals surface area (Å²) < 4.78 is 13.8. The standard InChI is InChI=1S/C18H20FNO2/c1-13-7-8-16(17(19)11-13)18(22)20-12-15(9-10-21)14-5-3-2-4-6-14/h2-8,11,15,21H,9-10,12H2,1H3,(H,20,22). The van der Waals surface area contributed by atoms with Crippen molar-refractivity contribution in [1.29, 1.82) is 0 Å². The summed E-state index contributed by atoms with van der Waals surface area (Å²) in [7, 11) is 0. The first-order valence-electron chi connectivity index (χ1n) is 7.32. The normalized spacial score (nSPS) is 12.0. The minimum Gasteiger partial charge on any atom is -0.396 e. The molecule has 1 unspecified atom stereocenters. The second kappa shape index (κ2) is 7.71. The number of aliphatic hydroxyl groups is 1. The van der Waals surface area contributed by atoms with E-state index in [2.05, 4.69) is 5.32 Å². The highest BCUT2D eigenvalue weighted by molar-refractivity contribution is 5.94. The van der Waals surface area contributed by atoms with Crippen LogP contribution in [0, 0.1) is 12.7 Å². The SMILES string of the molecule is Cc1ccc(C(=O)NCC(CCO)c2ccccc2)c(F)c1. The smallest absolute Gasteiger partial charge is 0.254 e. The zero-order valence-electron chi connectivity index (χ0n) is 12.6. The zero-order chi connectivity index (χ0) is 15.9. The number of aryl methyl sites for hydroxylation is 1. The number of halogens is 1. The van der Waals surface area contributed by atoms with Gasteiger partial charge in [0.05, 0.1) is 5.56 Å². The van der Waals surface area contributed by atoms with Crippen LogP contribution in [0.1, 0.15) is 33.8 Å². The van der Waals surface area contributed by atoms with E-state index < -0.39 is 11.7 Å². The van der Waals surface area contributed by atoms with Crippen molar-refractivity contribution in [2.75, 3.05) is 13.2 Å². The molecule has 2 N–H and O–H groups in total. The third-order valence-corrected chi connectivity index (χ3v) is 3.63. The minimum atomic E-state index is -0.518. The van der Waals surface area contributed by atoms with Gasteiger partial charge in [-0.1, -0.05) is 36.4 Å². The molecule has 2 aromatic carbocycles. The van der Waals surface area contributed by atoms with Crippen LogP contribution in [-0.2, 0) is 0 Å². The second-order valence-electron chi connectivity index (χ2n) is 5.31. The number of amides is 1. The van der Waals surface area contributed by atoms with E-state index in [1.807, 2.05) is 30.3 Å². The van der Waals surface area contributed by atoms with E-state index in [9.17, 15) is 14.3 Å². The average Bonchev–Trinajstić information content (AvgIpc) is 2.52. The molecule has 1 atom stereocenters. The first kappa shape index (κ1) is 16.2. The van der Waals surface area contributed by atoms with Gasteiger partial charge in [-0.3, -0.25) is 4.79 Å². The molecule has 2 aromatic rings. The predicted molar refractivity (Wildman–Crippen MR) is 84.4 cm³/mol. The minimum absolute atomic E-state index is 0.00339. The Labute approximate surface area is 129 Å². The summed E-state index contributed by atoms with van der Waals surface area (Å²) >= 11 is 0. The van der Waals surface area contributed by atoms with Crippen LogP contribution in [0.25, 0.3) is 0 Å². The molecule has 1 amide bonds. The molecule has 0 saturated heterocycles. The molecule has 0 aromatic heterocycles. The summed E-state index contributed by atoms with van der Waals surface area (Å²) in [6.45, 7) is 2.17. The van der Waals surface area contributed by atoms with Crippen molar-refractivity contribution in [3.05, 3.63) is 71.0 Å². The molecule has 0 saturated carbocycles. The largest absolute Gasteiger partial charge is 0.396 e.